The Balaban J connectivity index is 3.58. The van der Waals surface area contributed by atoms with Crippen LogP contribution < -0.4 is 0 Å². The highest BCUT2D eigenvalue weighted by Gasteiger charge is 2.20. The summed E-state index contributed by atoms with van der Waals surface area (Å²) in [4.78, 5) is 0. The molecule has 0 saturated heterocycles. The highest BCUT2D eigenvalue weighted by Crippen LogP contribution is 2.10. The standard InChI is InChI=1S/C5H11O3/c1-5(2-6,3-7)4-8/h6-8H,1-4H2. The second kappa shape index (κ2) is 3.02. The van der Waals surface area contributed by atoms with Crippen molar-refractivity contribution in [2.75, 3.05) is 19.8 Å². The molecule has 0 saturated carbocycles. The third kappa shape index (κ3) is 1.78. The van der Waals surface area contributed by atoms with Crippen LogP contribution in [0.1, 0.15) is 0 Å². The normalized spacial score (nSPS) is 12.0. The molecule has 0 amide bonds. The SMILES string of the molecule is [CH2]C(CO)(CO)CO. The van der Waals surface area contributed by atoms with Gasteiger partial charge in [-0.25, -0.2) is 0 Å². The van der Waals surface area contributed by atoms with Crippen molar-refractivity contribution in [3.8, 4) is 0 Å². The second-order valence-electron chi connectivity index (χ2n) is 1.97. The molecule has 0 aliphatic heterocycles. The van der Waals surface area contributed by atoms with E-state index in [1.54, 1.807) is 0 Å². The predicted molar refractivity (Wildman–Crippen MR) is 29.0 cm³/mol. The van der Waals surface area contributed by atoms with Crippen LogP contribution in [0.5, 0.6) is 0 Å². The number of hydrogen-bond donors (Lipinski definition) is 3. The van der Waals surface area contributed by atoms with E-state index in [1.807, 2.05) is 0 Å². The van der Waals surface area contributed by atoms with E-state index in [2.05, 4.69) is 6.92 Å². The van der Waals surface area contributed by atoms with Crippen LogP contribution in [0.3, 0.4) is 0 Å². The van der Waals surface area contributed by atoms with Crippen LogP contribution in [0.15, 0.2) is 0 Å². The molecule has 8 heavy (non-hydrogen) atoms. The quantitative estimate of drug-likeness (QED) is 0.436. The smallest absolute Gasteiger partial charge is 0.0531 e. The van der Waals surface area contributed by atoms with Gasteiger partial charge in [-0.05, 0) is 6.92 Å². The first-order valence-electron chi connectivity index (χ1n) is 2.36. The van der Waals surface area contributed by atoms with Gasteiger partial charge in [0.15, 0.2) is 0 Å². The fourth-order valence-corrected chi connectivity index (χ4v) is 0.150. The van der Waals surface area contributed by atoms with Crippen LogP contribution in [-0.2, 0) is 0 Å². The van der Waals surface area contributed by atoms with Gasteiger partial charge in [0, 0.05) is 5.41 Å². The fraction of sp³-hybridized carbons (Fsp3) is 0.800. The average molecular weight is 119 g/mol. The van der Waals surface area contributed by atoms with Crippen molar-refractivity contribution in [1.29, 1.82) is 0 Å². The molecule has 0 heterocycles. The highest BCUT2D eigenvalue weighted by molar-refractivity contribution is 4.78. The Morgan fingerprint density at radius 3 is 1.25 bits per heavy atom. The minimum absolute atomic E-state index is 0.292. The highest BCUT2D eigenvalue weighted by atomic mass is 16.3. The zero-order valence-corrected chi connectivity index (χ0v) is 4.67. The first-order chi connectivity index (χ1) is 3.68. The van der Waals surface area contributed by atoms with Gasteiger partial charge in [-0.3, -0.25) is 0 Å². The average Bonchev–Trinajstić information content (AvgIpc) is 1.87. The van der Waals surface area contributed by atoms with Gasteiger partial charge in [-0.2, -0.15) is 0 Å². The van der Waals surface area contributed by atoms with Crippen LogP contribution in [0.4, 0.5) is 0 Å². The maximum atomic E-state index is 8.40. The van der Waals surface area contributed by atoms with E-state index in [0.717, 1.165) is 0 Å². The molecule has 1 radical (unpaired) electrons. The number of aliphatic hydroxyl groups is 3. The molecule has 0 aliphatic carbocycles. The first-order valence-corrected chi connectivity index (χ1v) is 2.36. The van der Waals surface area contributed by atoms with Crippen LogP contribution in [0.25, 0.3) is 0 Å². The molecule has 0 atom stereocenters. The van der Waals surface area contributed by atoms with E-state index in [9.17, 15) is 0 Å². The van der Waals surface area contributed by atoms with Crippen molar-refractivity contribution in [3.05, 3.63) is 6.92 Å². The Labute approximate surface area is 48.6 Å². The topological polar surface area (TPSA) is 60.7 Å². The van der Waals surface area contributed by atoms with Crippen LogP contribution in [-0.4, -0.2) is 35.1 Å². The predicted octanol–water partition coefficient (Wildman–Crippen LogP) is -1.22. The molecule has 0 aliphatic rings. The molecule has 49 valence electrons. The summed E-state index contributed by atoms with van der Waals surface area (Å²) < 4.78 is 0. The van der Waals surface area contributed by atoms with Crippen molar-refractivity contribution in [2.45, 2.75) is 0 Å². The van der Waals surface area contributed by atoms with Gasteiger partial charge in [-0.1, -0.05) is 0 Å². The lowest BCUT2D eigenvalue weighted by molar-refractivity contribution is 0.0397. The number of hydrogen-bond acceptors (Lipinski definition) is 3. The third-order valence-electron chi connectivity index (χ3n) is 1.01. The van der Waals surface area contributed by atoms with E-state index in [1.165, 1.54) is 0 Å². The molecule has 0 spiro atoms. The summed E-state index contributed by atoms with van der Waals surface area (Å²) in [6, 6.07) is 0. The van der Waals surface area contributed by atoms with Crippen molar-refractivity contribution in [3.63, 3.8) is 0 Å². The maximum absolute atomic E-state index is 8.40. The van der Waals surface area contributed by atoms with Crippen molar-refractivity contribution in [1.82, 2.24) is 0 Å². The molecular weight excluding hydrogens is 108 g/mol. The molecular formula is C5H11O3. The van der Waals surface area contributed by atoms with Crippen molar-refractivity contribution < 1.29 is 15.3 Å². The molecule has 3 nitrogen and oxygen atoms in total. The summed E-state index contributed by atoms with van der Waals surface area (Å²) >= 11 is 0. The van der Waals surface area contributed by atoms with Crippen molar-refractivity contribution in [2.24, 2.45) is 5.41 Å². The van der Waals surface area contributed by atoms with Gasteiger partial charge < -0.3 is 15.3 Å². The Kier molecular flexibility index (Phi) is 2.97. The lowest BCUT2D eigenvalue weighted by Crippen LogP contribution is -2.30. The summed E-state index contributed by atoms with van der Waals surface area (Å²) in [5.41, 5.74) is -0.958. The van der Waals surface area contributed by atoms with Gasteiger partial charge in [0.2, 0.25) is 0 Å². The largest absolute Gasteiger partial charge is 0.396 e. The Hall–Kier alpha value is -0.120. The molecule has 3 N–H and O–H groups in total. The number of rotatable bonds is 3. The molecule has 0 unspecified atom stereocenters. The van der Waals surface area contributed by atoms with Crippen molar-refractivity contribution >= 4 is 0 Å². The molecule has 0 aromatic rings. The van der Waals surface area contributed by atoms with E-state index in [0.29, 0.717) is 0 Å². The zero-order valence-electron chi connectivity index (χ0n) is 4.67. The molecule has 3 heteroatoms. The third-order valence-corrected chi connectivity index (χ3v) is 1.01. The van der Waals surface area contributed by atoms with Gasteiger partial charge in [0.25, 0.3) is 0 Å². The zero-order chi connectivity index (χ0) is 6.62. The molecule has 0 bridgehead atoms. The second-order valence-corrected chi connectivity index (χ2v) is 1.97. The number of aliphatic hydroxyl groups excluding tert-OH is 3. The molecule has 0 fully saturated rings. The summed E-state index contributed by atoms with van der Waals surface area (Å²) in [5, 5.41) is 25.2. The van der Waals surface area contributed by atoms with Crippen LogP contribution >= 0.6 is 0 Å². The lowest BCUT2D eigenvalue weighted by Gasteiger charge is -2.19. The summed E-state index contributed by atoms with van der Waals surface area (Å²) in [6.45, 7) is 2.50. The van der Waals surface area contributed by atoms with E-state index < -0.39 is 5.41 Å². The summed E-state index contributed by atoms with van der Waals surface area (Å²) in [7, 11) is 0. The Morgan fingerprint density at radius 1 is 1.00 bits per heavy atom. The van der Waals surface area contributed by atoms with E-state index in [-0.39, 0.29) is 19.8 Å². The minimum Gasteiger partial charge on any atom is -0.396 e. The lowest BCUT2D eigenvalue weighted by atomic mass is 9.95. The van der Waals surface area contributed by atoms with E-state index >= 15 is 0 Å². The van der Waals surface area contributed by atoms with E-state index in [4.69, 9.17) is 15.3 Å². The van der Waals surface area contributed by atoms with Gasteiger partial charge in [0.1, 0.15) is 0 Å². The first kappa shape index (κ1) is 7.88. The Morgan fingerprint density at radius 2 is 1.25 bits per heavy atom. The fourth-order valence-electron chi connectivity index (χ4n) is 0.150. The molecule has 0 rings (SSSR count). The Bertz CT molecular complexity index is 50.4. The molecule has 0 aromatic heterocycles. The maximum Gasteiger partial charge on any atom is 0.0531 e. The van der Waals surface area contributed by atoms with Gasteiger partial charge in [-0.15, -0.1) is 0 Å². The monoisotopic (exact) mass is 119 g/mol. The molecule has 0 aromatic carbocycles. The minimum atomic E-state index is -0.958. The summed E-state index contributed by atoms with van der Waals surface area (Å²) in [6.07, 6.45) is 0. The van der Waals surface area contributed by atoms with Gasteiger partial charge in [0.05, 0.1) is 19.8 Å². The van der Waals surface area contributed by atoms with Crippen LogP contribution in [0, 0.1) is 12.3 Å². The van der Waals surface area contributed by atoms with Gasteiger partial charge >= 0.3 is 0 Å². The summed E-state index contributed by atoms with van der Waals surface area (Å²) in [5.74, 6) is 0. The van der Waals surface area contributed by atoms with Crippen LogP contribution in [0.2, 0.25) is 0 Å².